The Labute approximate surface area is 167 Å². The molecule has 4 heterocycles. The van der Waals surface area contributed by atoms with Crippen LogP contribution in [0.4, 0.5) is 10.9 Å². The van der Waals surface area contributed by atoms with E-state index in [0.29, 0.717) is 18.1 Å². The molecule has 11 heteroatoms. The average Bonchev–Trinajstić information content (AvgIpc) is 3.31. The van der Waals surface area contributed by atoms with Gasteiger partial charge in [0.15, 0.2) is 10.2 Å². The van der Waals surface area contributed by atoms with E-state index >= 15 is 0 Å². The van der Waals surface area contributed by atoms with Crippen molar-refractivity contribution in [2.24, 2.45) is 7.05 Å². The van der Waals surface area contributed by atoms with Crippen molar-refractivity contribution < 1.29 is 13.2 Å². The quantitative estimate of drug-likeness (QED) is 0.674. The van der Waals surface area contributed by atoms with Gasteiger partial charge in [0.25, 0.3) is 10.0 Å². The van der Waals surface area contributed by atoms with Gasteiger partial charge in [0, 0.05) is 37.4 Å². The number of nitrogens with one attached hydrogen (secondary N) is 1. The largest absolute Gasteiger partial charge is 0.369 e. The number of aromatic nitrogens is 4. The highest BCUT2D eigenvalue weighted by atomic mass is 32.2. The summed E-state index contributed by atoms with van der Waals surface area (Å²) >= 11 is 1.54. The number of hydrogen-bond acceptors (Lipinski definition) is 8. The Morgan fingerprint density at radius 1 is 1.32 bits per heavy atom. The monoisotopic (exact) mass is 420 g/mol. The van der Waals surface area contributed by atoms with Crippen LogP contribution in [0.3, 0.4) is 0 Å². The van der Waals surface area contributed by atoms with Gasteiger partial charge in [-0.3, -0.25) is 0 Å². The van der Waals surface area contributed by atoms with E-state index in [9.17, 15) is 8.42 Å². The topological polar surface area (TPSA) is 102 Å². The molecule has 4 rings (SSSR count). The number of ether oxygens (including phenoxy) is 1. The molecule has 0 saturated carbocycles. The van der Waals surface area contributed by atoms with Crippen LogP contribution in [-0.4, -0.2) is 51.9 Å². The van der Waals surface area contributed by atoms with Crippen LogP contribution >= 0.6 is 11.3 Å². The van der Waals surface area contributed by atoms with Crippen LogP contribution < -0.4 is 5.32 Å². The number of anilines is 2. The smallest absolute Gasteiger partial charge is 0.262 e. The Morgan fingerprint density at radius 3 is 2.89 bits per heavy atom. The first-order chi connectivity index (χ1) is 13.4. The van der Waals surface area contributed by atoms with Crippen LogP contribution in [0.25, 0.3) is 0 Å². The van der Waals surface area contributed by atoms with Gasteiger partial charge in [-0.25, -0.2) is 23.4 Å². The molecule has 0 aromatic carbocycles. The third kappa shape index (κ3) is 3.92. The zero-order valence-corrected chi connectivity index (χ0v) is 17.1. The molecule has 1 atom stereocenters. The van der Waals surface area contributed by atoms with E-state index in [-0.39, 0.29) is 18.1 Å². The highest BCUT2D eigenvalue weighted by Gasteiger charge is 2.33. The zero-order valence-electron chi connectivity index (χ0n) is 15.4. The molecular formula is C17H20N6O3S2. The van der Waals surface area contributed by atoms with Gasteiger partial charge in [-0.15, -0.1) is 11.3 Å². The molecule has 28 heavy (non-hydrogen) atoms. The Morgan fingerprint density at radius 2 is 2.18 bits per heavy atom. The standard InChI is InChI=1S/C17H20N6O3S2/c1-12-8-18-17(27-12)21-15-5-3-4-13(20-15)14-9-23(6-7-26-14)28(24,25)16-10-22(2)11-19-16/h3-5,8,10-11,14H,6-7,9H2,1-2H3,(H,18,20,21). The predicted molar refractivity (Wildman–Crippen MR) is 105 cm³/mol. The van der Waals surface area contributed by atoms with Crippen LogP contribution in [0.15, 0.2) is 41.9 Å². The lowest BCUT2D eigenvalue weighted by molar-refractivity contribution is -0.00492. The minimum absolute atomic E-state index is 0.0400. The molecule has 148 valence electrons. The number of sulfonamides is 1. The van der Waals surface area contributed by atoms with Crippen LogP contribution in [0.5, 0.6) is 0 Å². The Bertz CT molecular complexity index is 1080. The zero-order chi connectivity index (χ0) is 19.7. The van der Waals surface area contributed by atoms with E-state index in [0.717, 1.165) is 10.0 Å². The maximum absolute atomic E-state index is 12.8. The lowest BCUT2D eigenvalue weighted by atomic mass is 10.2. The third-order valence-corrected chi connectivity index (χ3v) is 6.85. The summed E-state index contributed by atoms with van der Waals surface area (Å²) in [5.74, 6) is 0.639. The third-order valence-electron chi connectivity index (χ3n) is 4.27. The van der Waals surface area contributed by atoms with Gasteiger partial charge < -0.3 is 14.6 Å². The van der Waals surface area contributed by atoms with Crippen LogP contribution in [0.2, 0.25) is 0 Å². The van der Waals surface area contributed by atoms with E-state index in [1.54, 1.807) is 17.8 Å². The summed E-state index contributed by atoms with van der Waals surface area (Å²) in [6, 6.07) is 5.53. The molecule has 1 unspecified atom stereocenters. The molecule has 3 aromatic heterocycles. The molecule has 9 nitrogen and oxygen atoms in total. The average molecular weight is 421 g/mol. The first-order valence-electron chi connectivity index (χ1n) is 8.68. The molecule has 0 radical (unpaired) electrons. The molecule has 3 aromatic rings. The summed E-state index contributed by atoms with van der Waals surface area (Å²) < 4.78 is 34.5. The first-order valence-corrected chi connectivity index (χ1v) is 10.9. The lowest BCUT2D eigenvalue weighted by Crippen LogP contribution is -2.42. The van der Waals surface area contributed by atoms with Crippen LogP contribution in [-0.2, 0) is 21.8 Å². The molecule has 0 aliphatic carbocycles. The molecular weight excluding hydrogens is 400 g/mol. The number of aryl methyl sites for hydroxylation is 2. The highest BCUT2D eigenvalue weighted by molar-refractivity contribution is 7.89. The molecule has 1 aliphatic rings. The second-order valence-electron chi connectivity index (χ2n) is 6.45. The van der Waals surface area contributed by atoms with Gasteiger partial charge in [-0.1, -0.05) is 6.07 Å². The van der Waals surface area contributed by atoms with Gasteiger partial charge in [0.2, 0.25) is 0 Å². The second kappa shape index (κ2) is 7.59. The molecule has 1 saturated heterocycles. The Hall–Kier alpha value is -2.34. The summed E-state index contributed by atoms with van der Waals surface area (Å²) in [4.78, 5) is 13.9. The lowest BCUT2D eigenvalue weighted by Gasteiger charge is -2.31. The minimum atomic E-state index is -3.67. The SMILES string of the molecule is Cc1cnc(Nc2cccc(C3CN(S(=O)(=O)c4cn(C)cn4)CCO3)n2)s1. The molecule has 1 fully saturated rings. The summed E-state index contributed by atoms with van der Waals surface area (Å²) in [5.41, 5.74) is 0.666. The Kier molecular flexibility index (Phi) is 5.15. The summed E-state index contributed by atoms with van der Waals surface area (Å²) in [5, 5.41) is 3.97. The van der Waals surface area contributed by atoms with E-state index < -0.39 is 16.1 Å². The highest BCUT2D eigenvalue weighted by Crippen LogP contribution is 2.27. The normalized spacial score (nSPS) is 18.3. The number of morpholine rings is 1. The molecule has 0 spiro atoms. The number of nitrogens with zero attached hydrogens (tertiary/aromatic N) is 5. The van der Waals surface area contributed by atoms with Crippen molar-refractivity contribution >= 4 is 32.3 Å². The van der Waals surface area contributed by atoms with E-state index in [1.807, 2.05) is 25.1 Å². The molecule has 0 amide bonds. The minimum Gasteiger partial charge on any atom is -0.369 e. The fourth-order valence-corrected chi connectivity index (χ4v) is 4.96. The Balaban J connectivity index is 1.52. The van der Waals surface area contributed by atoms with Crippen molar-refractivity contribution in [3.8, 4) is 0 Å². The molecule has 1 N–H and O–H groups in total. The fraction of sp³-hybridized carbons (Fsp3) is 0.353. The van der Waals surface area contributed by atoms with E-state index in [2.05, 4.69) is 20.3 Å². The summed E-state index contributed by atoms with van der Waals surface area (Å²) in [6.07, 6.45) is 4.31. The van der Waals surface area contributed by atoms with Crippen molar-refractivity contribution in [2.45, 2.75) is 18.1 Å². The number of pyridine rings is 1. The van der Waals surface area contributed by atoms with E-state index in [4.69, 9.17) is 4.74 Å². The van der Waals surface area contributed by atoms with Crippen molar-refractivity contribution in [2.75, 3.05) is 25.0 Å². The van der Waals surface area contributed by atoms with Crippen molar-refractivity contribution in [1.29, 1.82) is 0 Å². The molecule has 1 aliphatic heterocycles. The van der Waals surface area contributed by atoms with Crippen LogP contribution in [0.1, 0.15) is 16.7 Å². The summed E-state index contributed by atoms with van der Waals surface area (Å²) in [7, 11) is -1.93. The maximum atomic E-state index is 12.8. The van der Waals surface area contributed by atoms with Gasteiger partial charge >= 0.3 is 0 Å². The second-order valence-corrected chi connectivity index (χ2v) is 9.57. The van der Waals surface area contributed by atoms with Gasteiger partial charge in [-0.05, 0) is 19.1 Å². The number of imidazole rings is 1. The number of thiazole rings is 1. The van der Waals surface area contributed by atoms with Gasteiger partial charge in [0.05, 0.1) is 18.6 Å². The first kappa shape index (κ1) is 19.0. The van der Waals surface area contributed by atoms with E-state index in [1.165, 1.54) is 28.2 Å². The summed E-state index contributed by atoms with van der Waals surface area (Å²) in [6.45, 7) is 2.75. The van der Waals surface area contributed by atoms with Crippen molar-refractivity contribution in [3.63, 3.8) is 0 Å². The van der Waals surface area contributed by atoms with Gasteiger partial charge in [-0.2, -0.15) is 4.31 Å². The molecule has 0 bridgehead atoms. The van der Waals surface area contributed by atoms with Crippen LogP contribution in [0, 0.1) is 6.92 Å². The number of hydrogen-bond donors (Lipinski definition) is 1. The maximum Gasteiger partial charge on any atom is 0.262 e. The van der Waals surface area contributed by atoms with Crippen molar-refractivity contribution in [3.05, 3.63) is 47.5 Å². The van der Waals surface area contributed by atoms with Gasteiger partial charge in [0.1, 0.15) is 11.9 Å². The fourth-order valence-electron chi connectivity index (χ4n) is 2.90. The number of rotatable bonds is 5. The predicted octanol–water partition coefficient (Wildman–Crippen LogP) is 2.09. The van der Waals surface area contributed by atoms with Crippen molar-refractivity contribution in [1.82, 2.24) is 23.8 Å².